The molecule has 0 aliphatic rings. The fourth-order valence-corrected chi connectivity index (χ4v) is 2.00. The first-order valence-electron chi connectivity index (χ1n) is 5.92. The van der Waals surface area contributed by atoms with Crippen molar-refractivity contribution in [1.29, 1.82) is 0 Å². The number of hydrogen-bond acceptors (Lipinski definition) is 1. The highest BCUT2D eigenvalue weighted by Crippen LogP contribution is 2.29. The number of benzene rings is 2. The molecule has 0 heterocycles. The molecule has 0 N–H and O–H groups in total. The normalized spacial score (nSPS) is 11.5. The summed E-state index contributed by atoms with van der Waals surface area (Å²) in [6, 6.07) is 8.05. The molecule has 0 saturated carbocycles. The van der Waals surface area contributed by atoms with E-state index in [9.17, 15) is 22.4 Å². The van der Waals surface area contributed by atoms with Crippen LogP contribution in [0.2, 0.25) is 5.02 Å². The van der Waals surface area contributed by atoms with Gasteiger partial charge in [-0.05, 0) is 23.8 Å². The maximum absolute atomic E-state index is 13.7. The zero-order valence-electron chi connectivity index (χ0n) is 10.5. The standard InChI is InChI=1S/C15H9ClF4O/c16-12-3-1-2-10(14(12)17)8-13(21)9-4-6-11(7-5-9)15(18,19)20/h1-7H,8H2. The molecule has 0 aliphatic carbocycles. The van der Waals surface area contributed by atoms with Gasteiger partial charge in [0.15, 0.2) is 5.78 Å². The molecule has 110 valence electrons. The Hall–Kier alpha value is -1.88. The maximum Gasteiger partial charge on any atom is 0.416 e. The average Bonchev–Trinajstić information content (AvgIpc) is 2.43. The minimum absolute atomic E-state index is 0.0855. The summed E-state index contributed by atoms with van der Waals surface area (Å²) in [5.74, 6) is -1.18. The number of carbonyl (C=O) groups is 1. The Balaban J connectivity index is 2.19. The van der Waals surface area contributed by atoms with E-state index in [0.29, 0.717) is 0 Å². The molecule has 0 amide bonds. The summed E-state index contributed by atoms with van der Waals surface area (Å²) < 4.78 is 50.9. The number of carbonyl (C=O) groups excluding carboxylic acids is 1. The van der Waals surface area contributed by atoms with E-state index in [2.05, 4.69) is 0 Å². The first-order valence-corrected chi connectivity index (χ1v) is 6.30. The fraction of sp³-hybridized carbons (Fsp3) is 0.133. The molecule has 0 fully saturated rings. The Kier molecular flexibility index (Phi) is 4.32. The van der Waals surface area contributed by atoms with Crippen molar-refractivity contribution in [3.8, 4) is 0 Å². The molecule has 0 spiro atoms. The quantitative estimate of drug-likeness (QED) is 0.580. The van der Waals surface area contributed by atoms with Crippen LogP contribution in [-0.4, -0.2) is 5.78 Å². The number of ketones is 1. The van der Waals surface area contributed by atoms with Gasteiger partial charge in [-0.2, -0.15) is 13.2 Å². The van der Waals surface area contributed by atoms with Gasteiger partial charge in [-0.25, -0.2) is 4.39 Å². The molecule has 2 aromatic carbocycles. The van der Waals surface area contributed by atoms with Crippen molar-refractivity contribution >= 4 is 17.4 Å². The monoisotopic (exact) mass is 316 g/mol. The summed E-state index contributed by atoms with van der Waals surface area (Å²) in [6.07, 6.45) is -4.72. The van der Waals surface area contributed by atoms with Gasteiger partial charge in [-0.3, -0.25) is 4.79 Å². The Morgan fingerprint density at radius 3 is 2.24 bits per heavy atom. The van der Waals surface area contributed by atoms with E-state index in [0.717, 1.165) is 24.3 Å². The first-order chi connectivity index (χ1) is 9.79. The van der Waals surface area contributed by atoms with Gasteiger partial charge in [-0.15, -0.1) is 0 Å². The first kappa shape index (κ1) is 15.5. The number of halogens is 5. The van der Waals surface area contributed by atoms with E-state index >= 15 is 0 Å². The van der Waals surface area contributed by atoms with Gasteiger partial charge in [-0.1, -0.05) is 35.9 Å². The third kappa shape index (κ3) is 3.61. The Morgan fingerprint density at radius 1 is 1.05 bits per heavy atom. The second-order valence-electron chi connectivity index (χ2n) is 4.39. The second-order valence-corrected chi connectivity index (χ2v) is 4.80. The van der Waals surface area contributed by atoms with Gasteiger partial charge in [0.25, 0.3) is 0 Å². The van der Waals surface area contributed by atoms with E-state index in [1.165, 1.54) is 18.2 Å². The molecule has 0 saturated heterocycles. The smallest absolute Gasteiger partial charge is 0.294 e. The van der Waals surface area contributed by atoms with E-state index in [-0.39, 0.29) is 22.6 Å². The highest BCUT2D eigenvalue weighted by Gasteiger charge is 2.30. The van der Waals surface area contributed by atoms with Crippen molar-refractivity contribution < 1.29 is 22.4 Å². The lowest BCUT2D eigenvalue weighted by atomic mass is 10.0. The molecule has 2 aromatic rings. The van der Waals surface area contributed by atoms with Crippen molar-refractivity contribution in [3.63, 3.8) is 0 Å². The Bertz CT molecular complexity index is 662. The van der Waals surface area contributed by atoms with Crippen molar-refractivity contribution in [3.05, 3.63) is 70.0 Å². The zero-order chi connectivity index (χ0) is 15.6. The molecule has 0 aliphatic heterocycles. The summed E-state index contributed by atoms with van der Waals surface area (Å²) in [5.41, 5.74) is -0.650. The van der Waals surface area contributed by atoms with E-state index in [4.69, 9.17) is 11.6 Å². The maximum atomic E-state index is 13.7. The number of alkyl halides is 3. The van der Waals surface area contributed by atoms with Gasteiger partial charge in [0, 0.05) is 12.0 Å². The van der Waals surface area contributed by atoms with Crippen LogP contribution in [0.3, 0.4) is 0 Å². The highest BCUT2D eigenvalue weighted by atomic mass is 35.5. The van der Waals surface area contributed by atoms with Crippen molar-refractivity contribution in [2.75, 3.05) is 0 Å². The SMILES string of the molecule is O=C(Cc1cccc(Cl)c1F)c1ccc(C(F)(F)F)cc1. The average molecular weight is 317 g/mol. The third-order valence-corrected chi connectivity index (χ3v) is 3.21. The molecule has 0 unspecified atom stereocenters. The Morgan fingerprint density at radius 2 is 1.67 bits per heavy atom. The lowest BCUT2D eigenvalue weighted by Gasteiger charge is -2.08. The van der Waals surface area contributed by atoms with Crippen molar-refractivity contribution in [2.24, 2.45) is 0 Å². The van der Waals surface area contributed by atoms with Gasteiger partial charge >= 0.3 is 6.18 Å². The van der Waals surface area contributed by atoms with Crippen LogP contribution in [-0.2, 0) is 12.6 Å². The molecular weight excluding hydrogens is 308 g/mol. The summed E-state index contributed by atoms with van der Waals surface area (Å²) in [6.45, 7) is 0. The van der Waals surface area contributed by atoms with Crippen molar-refractivity contribution in [2.45, 2.75) is 12.6 Å². The second kappa shape index (κ2) is 5.85. The predicted molar refractivity (Wildman–Crippen MR) is 70.9 cm³/mol. The highest BCUT2D eigenvalue weighted by molar-refractivity contribution is 6.30. The molecule has 6 heteroatoms. The van der Waals surface area contributed by atoms with Gasteiger partial charge < -0.3 is 0 Å². The molecule has 0 aromatic heterocycles. The lowest BCUT2D eigenvalue weighted by molar-refractivity contribution is -0.137. The fourth-order valence-electron chi connectivity index (χ4n) is 1.81. The van der Waals surface area contributed by atoms with E-state index < -0.39 is 23.3 Å². The summed E-state index contributed by atoms with van der Waals surface area (Å²) in [7, 11) is 0. The molecule has 0 atom stereocenters. The number of Topliss-reactive ketones (excluding diaryl/α,β-unsaturated/α-hetero) is 1. The van der Waals surface area contributed by atoms with Crippen LogP contribution in [0, 0.1) is 5.82 Å². The molecule has 0 bridgehead atoms. The molecule has 2 rings (SSSR count). The van der Waals surface area contributed by atoms with E-state index in [1.54, 1.807) is 0 Å². The van der Waals surface area contributed by atoms with Crippen LogP contribution in [0.5, 0.6) is 0 Å². The molecular formula is C15H9ClF4O. The third-order valence-electron chi connectivity index (χ3n) is 2.92. The van der Waals surface area contributed by atoms with Gasteiger partial charge in [0.05, 0.1) is 10.6 Å². The molecule has 0 radical (unpaired) electrons. The number of rotatable bonds is 3. The lowest BCUT2D eigenvalue weighted by Crippen LogP contribution is -2.08. The topological polar surface area (TPSA) is 17.1 Å². The van der Waals surface area contributed by atoms with Gasteiger partial charge in [0.1, 0.15) is 5.82 Å². The van der Waals surface area contributed by atoms with Crippen LogP contribution in [0.15, 0.2) is 42.5 Å². The van der Waals surface area contributed by atoms with Gasteiger partial charge in [0.2, 0.25) is 0 Å². The van der Waals surface area contributed by atoms with Crippen LogP contribution in [0.1, 0.15) is 21.5 Å². The zero-order valence-corrected chi connectivity index (χ0v) is 11.3. The van der Waals surface area contributed by atoms with E-state index in [1.807, 2.05) is 0 Å². The minimum atomic E-state index is -4.46. The Labute approximate surface area is 123 Å². The predicted octanol–water partition coefficient (Wildman–Crippen LogP) is 4.92. The van der Waals surface area contributed by atoms with Crippen molar-refractivity contribution in [1.82, 2.24) is 0 Å². The number of hydrogen-bond donors (Lipinski definition) is 0. The summed E-state index contributed by atoms with van der Waals surface area (Å²) >= 11 is 5.60. The molecule has 1 nitrogen and oxygen atoms in total. The van der Waals surface area contributed by atoms with Crippen LogP contribution in [0.25, 0.3) is 0 Å². The molecule has 21 heavy (non-hydrogen) atoms. The summed E-state index contributed by atoms with van der Waals surface area (Å²) in [4.78, 5) is 11.9. The van der Waals surface area contributed by atoms with Crippen LogP contribution >= 0.6 is 11.6 Å². The van der Waals surface area contributed by atoms with Crippen LogP contribution < -0.4 is 0 Å². The largest absolute Gasteiger partial charge is 0.416 e. The summed E-state index contributed by atoms with van der Waals surface area (Å²) in [5, 5.41) is -0.104. The van der Waals surface area contributed by atoms with Crippen LogP contribution in [0.4, 0.5) is 17.6 Å². The minimum Gasteiger partial charge on any atom is -0.294 e.